The Hall–Kier alpha value is -1.84. The van der Waals surface area contributed by atoms with Gasteiger partial charge in [-0.3, -0.25) is 0 Å². The van der Waals surface area contributed by atoms with Crippen molar-refractivity contribution in [1.29, 1.82) is 0 Å². The average molecular weight is 274 g/mol. The molecule has 2 N–H and O–H groups in total. The monoisotopic (exact) mass is 274 g/mol. The molecule has 0 saturated carbocycles. The number of nitrogens with zero attached hydrogens (tertiary/aromatic N) is 1. The number of hydrogen-bond acceptors (Lipinski definition) is 3. The SMILES string of the molecule is CCCc1cc(C(=O)O)cc(NCCC2=CCCC2)n1. The third-order valence-corrected chi connectivity index (χ3v) is 3.52. The molecule has 4 nitrogen and oxygen atoms in total. The van der Waals surface area contributed by atoms with Crippen molar-refractivity contribution in [1.82, 2.24) is 4.98 Å². The topological polar surface area (TPSA) is 62.2 Å². The number of aromatic nitrogens is 1. The van der Waals surface area contributed by atoms with Gasteiger partial charge in [-0.25, -0.2) is 9.78 Å². The number of carboxylic acids is 1. The first kappa shape index (κ1) is 14.6. The lowest BCUT2D eigenvalue weighted by Gasteiger charge is -2.09. The van der Waals surface area contributed by atoms with E-state index in [-0.39, 0.29) is 0 Å². The molecule has 0 bridgehead atoms. The highest BCUT2D eigenvalue weighted by Crippen LogP contribution is 2.20. The Morgan fingerprint density at radius 1 is 1.40 bits per heavy atom. The molecule has 1 aliphatic carbocycles. The zero-order valence-corrected chi connectivity index (χ0v) is 12.0. The second kappa shape index (κ2) is 7.08. The van der Waals surface area contributed by atoms with Crippen LogP contribution in [0.15, 0.2) is 23.8 Å². The van der Waals surface area contributed by atoms with Gasteiger partial charge in [0.25, 0.3) is 0 Å². The number of carbonyl (C=O) groups is 1. The third-order valence-electron chi connectivity index (χ3n) is 3.52. The highest BCUT2D eigenvalue weighted by molar-refractivity contribution is 5.88. The molecule has 0 aliphatic heterocycles. The van der Waals surface area contributed by atoms with E-state index in [2.05, 4.69) is 23.3 Å². The highest BCUT2D eigenvalue weighted by atomic mass is 16.4. The molecule has 0 spiro atoms. The molecule has 1 heterocycles. The van der Waals surface area contributed by atoms with E-state index in [1.54, 1.807) is 12.1 Å². The van der Waals surface area contributed by atoms with Gasteiger partial charge in [0.05, 0.1) is 5.56 Å². The molecule has 0 radical (unpaired) electrons. The van der Waals surface area contributed by atoms with E-state index in [9.17, 15) is 4.79 Å². The first-order chi connectivity index (χ1) is 9.69. The number of hydrogen-bond donors (Lipinski definition) is 2. The van der Waals surface area contributed by atoms with Crippen molar-refractivity contribution in [2.24, 2.45) is 0 Å². The third kappa shape index (κ3) is 4.08. The molecule has 1 aromatic rings. The molecule has 1 aromatic heterocycles. The van der Waals surface area contributed by atoms with Crippen LogP contribution in [0.1, 0.15) is 55.1 Å². The lowest BCUT2D eigenvalue weighted by Crippen LogP contribution is -2.08. The highest BCUT2D eigenvalue weighted by Gasteiger charge is 2.09. The Bertz CT molecular complexity index is 509. The van der Waals surface area contributed by atoms with Gasteiger partial charge in [-0.1, -0.05) is 25.0 Å². The number of carboxylic acid groups (broad SMARTS) is 1. The summed E-state index contributed by atoms with van der Waals surface area (Å²) in [4.78, 5) is 15.6. The molecule has 0 amide bonds. The summed E-state index contributed by atoms with van der Waals surface area (Å²) in [7, 11) is 0. The fraction of sp³-hybridized carbons (Fsp3) is 0.500. The minimum atomic E-state index is -0.897. The van der Waals surface area contributed by atoms with Crippen molar-refractivity contribution < 1.29 is 9.90 Å². The van der Waals surface area contributed by atoms with Crippen LogP contribution in [0.3, 0.4) is 0 Å². The van der Waals surface area contributed by atoms with Gasteiger partial charge in [0.15, 0.2) is 0 Å². The summed E-state index contributed by atoms with van der Waals surface area (Å²) in [6, 6.07) is 3.28. The molecule has 1 aliphatic rings. The van der Waals surface area contributed by atoms with Gasteiger partial charge in [0.1, 0.15) is 5.82 Å². The first-order valence-electron chi connectivity index (χ1n) is 7.35. The van der Waals surface area contributed by atoms with E-state index < -0.39 is 5.97 Å². The maximum atomic E-state index is 11.1. The summed E-state index contributed by atoms with van der Waals surface area (Å²) in [6.45, 7) is 2.88. The Kier molecular flexibility index (Phi) is 5.16. The fourth-order valence-electron chi connectivity index (χ4n) is 2.50. The van der Waals surface area contributed by atoms with Crippen LogP contribution in [0.2, 0.25) is 0 Å². The summed E-state index contributed by atoms with van der Waals surface area (Å²) in [5.41, 5.74) is 2.65. The zero-order chi connectivity index (χ0) is 14.4. The van der Waals surface area contributed by atoms with E-state index in [1.165, 1.54) is 24.8 Å². The Morgan fingerprint density at radius 2 is 2.25 bits per heavy atom. The number of aryl methyl sites for hydroxylation is 1. The summed E-state index contributed by atoms with van der Waals surface area (Å²) in [5.74, 6) is -0.224. The summed E-state index contributed by atoms with van der Waals surface area (Å²) >= 11 is 0. The Morgan fingerprint density at radius 3 is 2.90 bits per heavy atom. The van der Waals surface area contributed by atoms with Crippen LogP contribution in [-0.2, 0) is 6.42 Å². The van der Waals surface area contributed by atoms with E-state index in [4.69, 9.17) is 5.11 Å². The van der Waals surface area contributed by atoms with Gasteiger partial charge in [0.2, 0.25) is 0 Å². The summed E-state index contributed by atoms with van der Waals surface area (Å²) in [6.07, 6.45) is 8.76. The van der Waals surface area contributed by atoms with Gasteiger partial charge in [-0.2, -0.15) is 0 Å². The van der Waals surface area contributed by atoms with Gasteiger partial charge in [-0.05, 0) is 44.2 Å². The molecule has 2 rings (SSSR count). The molecule has 0 saturated heterocycles. The van der Waals surface area contributed by atoms with Crippen LogP contribution < -0.4 is 5.32 Å². The zero-order valence-electron chi connectivity index (χ0n) is 12.0. The number of nitrogens with one attached hydrogen (secondary N) is 1. The molecule has 108 valence electrons. The molecule has 0 fully saturated rings. The summed E-state index contributed by atoms with van der Waals surface area (Å²) in [5, 5.41) is 12.4. The van der Waals surface area contributed by atoms with Crippen molar-refractivity contribution in [2.45, 2.75) is 45.4 Å². The number of rotatable bonds is 7. The van der Waals surface area contributed by atoms with Crippen LogP contribution >= 0.6 is 0 Å². The molecular weight excluding hydrogens is 252 g/mol. The minimum absolute atomic E-state index is 0.311. The normalized spacial score (nSPS) is 14.2. The smallest absolute Gasteiger partial charge is 0.335 e. The van der Waals surface area contributed by atoms with Crippen molar-refractivity contribution >= 4 is 11.8 Å². The molecular formula is C16H22N2O2. The quantitative estimate of drug-likeness (QED) is 0.745. The van der Waals surface area contributed by atoms with Crippen LogP contribution in [0.5, 0.6) is 0 Å². The van der Waals surface area contributed by atoms with Crippen molar-refractivity contribution in [3.05, 3.63) is 35.0 Å². The number of aromatic carboxylic acids is 1. The number of pyridine rings is 1. The maximum Gasteiger partial charge on any atom is 0.335 e. The van der Waals surface area contributed by atoms with Crippen LogP contribution in [0.25, 0.3) is 0 Å². The van der Waals surface area contributed by atoms with E-state index in [1.807, 2.05) is 0 Å². The molecule has 0 unspecified atom stereocenters. The largest absolute Gasteiger partial charge is 0.478 e. The number of anilines is 1. The van der Waals surface area contributed by atoms with Gasteiger partial charge in [-0.15, -0.1) is 0 Å². The first-order valence-corrected chi connectivity index (χ1v) is 7.35. The van der Waals surface area contributed by atoms with Crippen molar-refractivity contribution in [3.63, 3.8) is 0 Å². The standard InChI is InChI=1S/C16H22N2O2/c1-2-5-14-10-13(16(19)20)11-15(18-14)17-9-8-12-6-3-4-7-12/h6,10-11H,2-5,7-9H2,1H3,(H,17,18)(H,19,20). The molecule has 0 aromatic carbocycles. The molecule has 0 atom stereocenters. The Balaban J connectivity index is 1.99. The van der Waals surface area contributed by atoms with Crippen molar-refractivity contribution in [3.8, 4) is 0 Å². The van der Waals surface area contributed by atoms with E-state index in [0.717, 1.165) is 31.5 Å². The predicted molar refractivity (Wildman–Crippen MR) is 80.2 cm³/mol. The van der Waals surface area contributed by atoms with Gasteiger partial charge in [0, 0.05) is 12.2 Å². The average Bonchev–Trinajstić information content (AvgIpc) is 2.92. The lowest BCUT2D eigenvalue weighted by molar-refractivity contribution is 0.0696. The molecule has 4 heteroatoms. The number of allylic oxidation sites excluding steroid dienone is 1. The van der Waals surface area contributed by atoms with Crippen LogP contribution in [-0.4, -0.2) is 22.6 Å². The summed E-state index contributed by atoms with van der Waals surface area (Å²) < 4.78 is 0. The second-order valence-electron chi connectivity index (χ2n) is 5.22. The fourth-order valence-corrected chi connectivity index (χ4v) is 2.50. The van der Waals surface area contributed by atoms with Crippen molar-refractivity contribution in [2.75, 3.05) is 11.9 Å². The van der Waals surface area contributed by atoms with Crippen LogP contribution in [0, 0.1) is 0 Å². The van der Waals surface area contributed by atoms with Gasteiger partial charge < -0.3 is 10.4 Å². The maximum absolute atomic E-state index is 11.1. The predicted octanol–water partition coefficient (Wildman–Crippen LogP) is 3.64. The Labute approximate surface area is 119 Å². The van der Waals surface area contributed by atoms with E-state index in [0.29, 0.717) is 11.4 Å². The molecule has 20 heavy (non-hydrogen) atoms. The van der Waals surface area contributed by atoms with Crippen LogP contribution in [0.4, 0.5) is 5.82 Å². The minimum Gasteiger partial charge on any atom is -0.478 e. The van der Waals surface area contributed by atoms with E-state index >= 15 is 0 Å². The lowest BCUT2D eigenvalue weighted by atomic mass is 10.1. The second-order valence-corrected chi connectivity index (χ2v) is 5.22. The van der Waals surface area contributed by atoms with Gasteiger partial charge >= 0.3 is 5.97 Å².